The normalized spacial score (nSPS) is 17.9. The number of hydrogen-bond donors (Lipinski definition) is 1. The molecule has 15 heavy (non-hydrogen) atoms. The van der Waals surface area contributed by atoms with Crippen LogP contribution >= 0.6 is 11.8 Å². The third-order valence-corrected chi connectivity index (χ3v) is 2.97. The van der Waals surface area contributed by atoms with Crippen molar-refractivity contribution in [1.29, 1.82) is 0 Å². The molecule has 3 nitrogen and oxygen atoms in total. The van der Waals surface area contributed by atoms with Crippen LogP contribution in [0.15, 0.2) is 29.3 Å². The molecule has 0 atom stereocenters. The predicted molar refractivity (Wildman–Crippen MR) is 61.6 cm³/mol. The highest BCUT2D eigenvalue weighted by Crippen LogP contribution is 2.22. The van der Waals surface area contributed by atoms with Crippen molar-refractivity contribution in [2.24, 2.45) is 0 Å². The molecule has 1 fully saturated rings. The molecule has 0 aromatic heterocycles. The Bertz CT molecular complexity index is 398. The Kier molecular flexibility index (Phi) is 2.97. The van der Waals surface area contributed by atoms with E-state index in [-0.39, 0.29) is 5.91 Å². The third kappa shape index (κ3) is 2.53. The van der Waals surface area contributed by atoms with Gasteiger partial charge in [0.25, 0.3) is 0 Å². The Labute approximate surface area is 92.5 Å². The van der Waals surface area contributed by atoms with Gasteiger partial charge in [-0.25, -0.2) is 0 Å². The van der Waals surface area contributed by atoms with Crippen molar-refractivity contribution in [3.05, 3.63) is 34.9 Å². The first-order valence-corrected chi connectivity index (χ1v) is 5.55. The van der Waals surface area contributed by atoms with Crippen molar-refractivity contribution in [3.8, 4) is 5.75 Å². The molecule has 0 saturated carbocycles. The lowest BCUT2D eigenvalue weighted by Gasteiger charge is -2.00. The molecule has 1 aromatic rings. The fraction of sp³-hybridized carbons (Fsp3) is 0.182. The molecule has 4 heteroatoms. The molecular formula is C11H11NO2S. The number of hydrogen-bond acceptors (Lipinski definition) is 3. The molecule has 78 valence electrons. The Balaban J connectivity index is 2.13. The molecular weight excluding hydrogens is 210 g/mol. The molecule has 0 spiro atoms. The van der Waals surface area contributed by atoms with E-state index in [4.69, 9.17) is 4.74 Å². The largest absolute Gasteiger partial charge is 0.497 e. The number of benzene rings is 1. The third-order valence-electron chi connectivity index (χ3n) is 2.03. The van der Waals surface area contributed by atoms with Crippen molar-refractivity contribution in [3.63, 3.8) is 0 Å². The Hall–Kier alpha value is -1.42. The summed E-state index contributed by atoms with van der Waals surface area (Å²) in [7, 11) is 1.64. The highest BCUT2D eigenvalue weighted by molar-refractivity contribution is 8.04. The Morgan fingerprint density at radius 2 is 2.13 bits per heavy atom. The summed E-state index contributed by atoms with van der Waals surface area (Å²) in [6, 6.07) is 7.70. The van der Waals surface area contributed by atoms with E-state index in [0.29, 0.717) is 5.75 Å². The first-order valence-electron chi connectivity index (χ1n) is 4.56. The van der Waals surface area contributed by atoms with Crippen LogP contribution in [0.25, 0.3) is 6.08 Å². The Morgan fingerprint density at radius 3 is 2.67 bits per heavy atom. The quantitative estimate of drug-likeness (QED) is 0.828. The van der Waals surface area contributed by atoms with Gasteiger partial charge in [0.2, 0.25) is 5.91 Å². The van der Waals surface area contributed by atoms with Gasteiger partial charge in [-0.3, -0.25) is 4.79 Å². The number of methoxy groups -OCH3 is 1. The van der Waals surface area contributed by atoms with Crippen molar-refractivity contribution < 1.29 is 9.53 Å². The van der Waals surface area contributed by atoms with Gasteiger partial charge in [0.05, 0.1) is 17.9 Å². The molecule has 1 aliphatic heterocycles. The average molecular weight is 221 g/mol. The summed E-state index contributed by atoms with van der Waals surface area (Å²) in [4.78, 5) is 11.0. The molecule has 0 unspecified atom stereocenters. The van der Waals surface area contributed by atoms with Crippen LogP contribution < -0.4 is 10.1 Å². The zero-order valence-electron chi connectivity index (χ0n) is 8.32. The van der Waals surface area contributed by atoms with Crippen LogP contribution in [0.3, 0.4) is 0 Å². The number of carbonyl (C=O) groups excluding carboxylic acids is 1. The molecule has 1 heterocycles. The second-order valence-corrected chi connectivity index (χ2v) is 4.14. The molecule has 1 N–H and O–H groups in total. The minimum absolute atomic E-state index is 0.0692. The zero-order valence-corrected chi connectivity index (χ0v) is 9.14. The summed E-state index contributed by atoms with van der Waals surface area (Å²) in [5.74, 6) is 1.42. The van der Waals surface area contributed by atoms with E-state index in [1.54, 1.807) is 7.11 Å². The van der Waals surface area contributed by atoms with Gasteiger partial charge in [0, 0.05) is 0 Å². The summed E-state index contributed by atoms with van der Waals surface area (Å²) in [5.41, 5.74) is 1.06. The van der Waals surface area contributed by atoms with Gasteiger partial charge in [0.1, 0.15) is 5.75 Å². The molecule has 2 rings (SSSR count). The maximum atomic E-state index is 11.0. The molecule has 0 bridgehead atoms. The summed E-state index contributed by atoms with van der Waals surface area (Å²) < 4.78 is 5.06. The van der Waals surface area contributed by atoms with E-state index in [2.05, 4.69) is 5.32 Å². The van der Waals surface area contributed by atoms with Crippen LogP contribution in [0.4, 0.5) is 0 Å². The molecule has 1 amide bonds. The predicted octanol–water partition coefficient (Wildman–Crippen LogP) is 1.86. The van der Waals surface area contributed by atoms with Gasteiger partial charge in [-0.05, 0) is 23.8 Å². The topological polar surface area (TPSA) is 38.3 Å². The average Bonchev–Trinajstić information content (AvgIpc) is 2.65. The van der Waals surface area contributed by atoms with E-state index in [0.717, 1.165) is 16.3 Å². The SMILES string of the molecule is COc1ccc(C=C2NC(=O)CS2)cc1. The van der Waals surface area contributed by atoms with E-state index < -0.39 is 0 Å². The highest BCUT2D eigenvalue weighted by atomic mass is 32.2. The number of thioether (sulfide) groups is 1. The lowest BCUT2D eigenvalue weighted by molar-refractivity contribution is -0.117. The summed E-state index contributed by atoms with van der Waals surface area (Å²) >= 11 is 1.52. The fourth-order valence-corrected chi connectivity index (χ4v) is 2.05. The second kappa shape index (κ2) is 4.40. The van der Waals surface area contributed by atoms with E-state index in [9.17, 15) is 4.79 Å². The van der Waals surface area contributed by atoms with Crippen LogP contribution in [0.1, 0.15) is 5.56 Å². The summed E-state index contributed by atoms with van der Waals surface area (Å²) in [5, 5.41) is 3.69. The molecule has 1 aliphatic rings. The lowest BCUT2D eigenvalue weighted by Crippen LogP contribution is -2.13. The molecule has 0 radical (unpaired) electrons. The second-order valence-electron chi connectivity index (χ2n) is 3.12. The maximum absolute atomic E-state index is 11.0. The van der Waals surface area contributed by atoms with Crippen molar-refractivity contribution in [2.45, 2.75) is 0 Å². The number of nitrogens with one attached hydrogen (secondary N) is 1. The monoisotopic (exact) mass is 221 g/mol. The van der Waals surface area contributed by atoms with E-state index in [1.807, 2.05) is 30.3 Å². The van der Waals surface area contributed by atoms with E-state index in [1.165, 1.54) is 11.8 Å². The minimum Gasteiger partial charge on any atom is -0.497 e. The first-order chi connectivity index (χ1) is 7.28. The molecule has 1 aromatic carbocycles. The van der Waals surface area contributed by atoms with Crippen LogP contribution in [0, 0.1) is 0 Å². The zero-order chi connectivity index (χ0) is 10.7. The highest BCUT2D eigenvalue weighted by Gasteiger charge is 2.14. The van der Waals surface area contributed by atoms with Crippen LogP contribution in [-0.2, 0) is 4.79 Å². The van der Waals surface area contributed by atoms with Crippen LogP contribution in [-0.4, -0.2) is 18.8 Å². The number of amides is 1. The minimum atomic E-state index is 0.0692. The lowest BCUT2D eigenvalue weighted by atomic mass is 10.2. The van der Waals surface area contributed by atoms with Crippen LogP contribution in [0.2, 0.25) is 0 Å². The summed E-state index contributed by atoms with van der Waals surface area (Å²) in [6.07, 6.45) is 1.95. The standard InChI is InChI=1S/C11H11NO2S/c1-14-9-4-2-8(3-5-9)6-11-12-10(13)7-15-11/h2-6H,7H2,1H3,(H,12,13). The number of rotatable bonds is 2. The Morgan fingerprint density at radius 1 is 1.40 bits per heavy atom. The van der Waals surface area contributed by atoms with Crippen molar-refractivity contribution >= 4 is 23.7 Å². The van der Waals surface area contributed by atoms with Gasteiger partial charge in [0.15, 0.2) is 0 Å². The van der Waals surface area contributed by atoms with Gasteiger partial charge < -0.3 is 10.1 Å². The van der Waals surface area contributed by atoms with Gasteiger partial charge in [-0.15, -0.1) is 0 Å². The maximum Gasteiger partial charge on any atom is 0.235 e. The van der Waals surface area contributed by atoms with Gasteiger partial charge in [-0.2, -0.15) is 0 Å². The molecule has 0 aliphatic carbocycles. The van der Waals surface area contributed by atoms with Crippen molar-refractivity contribution in [1.82, 2.24) is 5.32 Å². The van der Waals surface area contributed by atoms with Gasteiger partial charge in [-0.1, -0.05) is 23.9 Å². The first kappa shape index (κ1) is 10.1. The van der Waals surface area contributed by atoms with E-state index >= 15 is 0 Å². The fourth-order valence-electron chi connectivity index (χ4n) is 1.28. The molecule has 1 saturated heterocycles. The number of carbonyl (C=O) groups is 1. The van der Waals surface area contributed by atoms with Crippen LogP contribution in [0.5, 0.6) is 5.75 Å². The smallest absolute Gasteiger partial charge is 0.235 e. The van der Waals surface area contributed by atoms with Crippen molar-refractivity contribution in [2.75, 3.05) is 12.9 Å². The summed E-state index contributed by atoms with van der Waals surface area (Å²) in [6.45, 7) is 0. The van der Waals surface area contributed by atoms with Gasteiger partial charge >= 0.3 is 0 Å². The number of ether oxygens (including phenoxy) is 1.